The lowest BCUT2D eigenvalue weighted by Crippen LogP contribution is -1.97. The van der Waals surface area contributed by atoms with Gasteiger partial charge in [0.2, 0.25) is 0 Å². The summed E-state index contributed by atoms with van der Waals surface area (Å²) in [5.74, 6) is -2.36. The Bertz CT molecular complexity index is 405. The fourth-order valence-electron chi connectivity index (χ4n) is 0.838. The van der Waals surface area contributed by atoms with Crippen molar-refractivity contribution in [2.24, 2.45) is 0 Å². The molecule has 0 unspecified atom stereocenters. The Morgan fingerprint density at radius 1 is 1.31 bits per heavy atom. The fraction of sp³-hybridized carbons (Fsp3) is 0. The van der Waals surface area contributed by atoms with Gasteiger partial charge in [0.15, 0.2) is 0 Å². The number of carboxylic acid groups (broad SMARTS) is 1. The Hall–Kier alpha value is -2.22. The Labute approximate surface area is 73.1 Å². The molecular weight excluding hydrogens is 174 g/mol. The molecule has 0 aliphatic carbocycles. The summed E-state index contributed by atoms with van der Waals surface area (Å²) in [4.78, 5) is 10.4. The van der Waals surface area contributed by atoms with Gasteiger partial charge < -0.3 is 15.3 Å². The normalized spacial score (nSPS) is 9.15. The van der Waals surface area contributed by atoms with Crippen molar-refractivity contribution >= 4 is 5.97 Å². The SMILES string of the molecule is N#Cc1cc(O)c(C(=O)O)cc1O. The van der Waals surface area contributed by atoms with Crippen LogP contribution in [0.3, 0.4) is 0 Å². The number of phenols is 2. The second-order valence-electron chi connectivity index (χ2n) is 2.30. The summed E-state index contributed by atoms with van der Waals surface area (Å²) >= 11 is 0. The van der Waals surface area contributed by atoms with E-state index in [0.29, 0.717) is 0 Å². The number of rotatable bonds is 1. The number of nitriles is 1. The van der Waals surface area contributed by atoms with Crippen LogP contribution in [0, 0.1) is 11.3 Å². The van der Waals surface area contributed by atoms with Crippen LogP contribution < -0.4 is 0 Å². The molecule has 0 bridgehead atoms. The highest BCUT2D eigenvalue weighted by molar-refractivity contribution is 5.91. The summed E-state index contributed by atoms with van der Waals surface area (Å²) in [6.45, 7) is 0. The van der Waals surface area contributed by atoms with Crippen molar-refractivity contribution in [3.05, 3.63) is 23.3 Å². The molecule has 13 heavy (non-hydrogen) atoms. The van der Waals surface area contributed by atoms with Crippen molar-refractivity contribution in [1.29, 1.82) is 5.26 Å². The number of aromatic carboxylic acids is 1. The van der Waals surface area contributed by atoms with Crippen molar-refractivity contribution in [1.82, 2.24) is 0 Å². The zero-order chi connectivity index (χ0) is 10.0. The number of carboxylic acids is 1. The van der Waals surface area contributed by atoms with Gasteiger partial charge in [-0.2, -0.15) is 5.26 Å². The zero-order valence-corrected chi connectivity index (χ0v) is 6.35. The summed E-state index contributed by atoms with van der Waals surface area (Å²) in [6.07, 6.45) is 0. The standard InChI is InChI=1S/C8H5NO4/c9-3-4-1-7(11)5(8(12)13)2-6(4)10/h1-2,10-11H,(H,12,13). The maximum atomic E-state index is 10.4. The molecule has 0 saturated carbocycles. The van der Waals surface area contributed by atoms with Crippen LogP contribution in [0.2, 0.25) is 0 Å². The number of hydrogen-bond acceptors (Lipinski definition) is 4. The monoisotopic (exact) mass is 179 g/mol. The topological polar surface area (TPSA) is 102 Å². The van der Waals surface area contributed by atoms with Crippen molar-refractivity contribution in [3.63, 3.8) is 0 Å². The molecule has 1 rings (SSSR count). The molecule has 1 aromatic carbocycles. The molecule has 0 aromatic heterocycles. The van der Waals surface area contributed by atoms with E-state index in [4.69, 9.17) is 20.6 Å². The first-order valence-corrected chi connectivity index (χ1v) is 3.25. The summed E-state index contributed by atoms with van der Waals surface area (Å²) in [5.41, 5.74) is -0.598. The molecule has 0 atom stereocenters. The molecule has 0 heterocycles. The van der Waals surface area contributed by atoms with E-state index in [1.165, 1.54) is 0 Å². The lowest BCUT2D eigenvalue weighted by atomic mass is 10.1. The average molecular weight is 179 g/mol. The Morgan fingerprint density at radius 2 is 1.92 bits per heavy atom. The molecule has 3 N–H and O–H groups in total. The molecule has 0 aliphatic heterocycles. The number of carbonyl (C=O) groups is 1. The van der Waals surface area contributed by atoms with Gasteiger partial charge in [0.05, 0.1) is 5.56 Å². The first-order chi connectivity index (χ1) is 6.06. The predicted octanol–water partition coefficient (Wildman–Crippen LogP) is 0.668. The second-order valence-corrected chi connectivity index (χ2v) is 2.30. The van der Waals surface area contributed by atoms with Gasteiger partial charge >= 0.3 is 5.97 Å². The van der Waals surface area contributed by atoms with Gasteiger partial charge in [-0.25, -0.2) is 4.79 Å². The van der Waals surface area contributed by atoms with E-state index in [1.54, 1.807) is 6.07 Å². The largest absolute Gasteiger partial charge is 0.507 e. The number of phenolic OH excluding ortho intramolecular Hbond substituents is 1. The van der Waals surface area contributed by atoms with E-state index in [2.05, 4.69) is 0 Å². The third-order valence-corrected chi connectivity index (χ3v) is 1.46. The van der Waals surface area contributed by atoms with Crippen LogP contribution in [0.25, 0.3) is 0 Å². The van der Waals surface area contributed by atoms with Crippen LogP contribution in [-0.2, 0) is 0 Å². The molecule has 1 aromatic rings. The smallest absolute Gasteiger partial charge is 0.339 e. The van der Waals surface area contributed by atoms with Gasteiger partial charge in [0.25, 0.3) is 0 Å². The molecule has 5 nitrogen and oxygen atoms in total. The summed E-state index contributed by atoms with van der Waals surface area (Å²) in [7, 11) is 0. The zero-order valence-electron chi connectivity index (χ0n) is 6.35. The van der Waals surface area contributed by atoms with Gasteiger partial charge in [0, 0.05) is 6.07 Å². The van der Waals surface area contributed by atoms with Crippen LogP contribution >= 0.6 is 0 Å². The van der Waals surface area contributed by atoms with Crippen molar-refractivity contribution < 1.29 is 20.1 Å². The van der Waals surface area contributed by atoms with E-state index in [1.807, 2.05) is 0 Å². The van der Waals surface area contributed by atoms with Crippen molar-refractivity contribution in [2.75, 3.05) is 0 Å². The molecule has 5 heteroatoms. The van der Waals surface area contributed by atoms with Gasteiger partial charge in [0.1, 0.15) is 23.1 Å². The minimum absolute atomic E-state index is 0.164. The Kier molecular flexibility index (Phi) is 2.07. The number of nitrogens with zero attached hydrogens (tertiary/aromatic N) is 1. The van der Waals surface area contributed by atoms with Gasteiger partial charge in [-0.3, -0.25) is 0 Å². The van der Waals surface area contributed by atoms with Crippen LogP contribution in [-0.4, -0.2) is 21.3 Å². The van der Waals surface area contributed by atoms with E-state index in [0.717, 1.165) is 12.1 Å². The Balaban J connectivity index is 3.39. The third-order valence-electron chi connectivity index (χ3n) is 1.46. The number of benzene rings is 1. The predicted molar refractivity (Wildman–Crippen MR) is 41.4 cm³/mol. The van der Waals surface area contributed by atoms with Crippen molar-refractivity contribution in [3.8, 4) is 17.6 Å². The van der Waals surface area contributed by atoms with E-state index >= 15 is 0 Å². The van der Waals surface area contributed by atoms with Gasteiger partial charge in [-0.05, 0) is 6.07 Å². The van der Waals surface area contributed by atoms with Crippen LogP contribution in [0.15, 0.2) is 12.1 Å². The second kappa shape index (κ2) is 3.03. The van der Waals surface area contributed by atoms with Gasteiger partial charge in [-0.15, -0.1) is 0 Å². The molecule has 0 amide bonds. The highest BCUT2D eigenvalue weighted by Crippen LogP contribution is 2.26. The first-order valence-electron chi connectivity index (χ1n) is 3.25. The third kappa shape index (κ3) is 1.51. The lowest BCUT2D eigenvalue weighted by molar-refractivity contribution is 0.0693. The minimum atomic E-state index is -1.36. The Morgan fingerprint density at radius 3 is 2.38 bits per heavy atom. The molecule has 0 aliphatic rings. The van der Waals surface area contributed by atoms with Gasteiger partial charge in [-0.1, -0.05) is 0 Å². The fourth-order valence-corrected chi connectivity index (χ4v) is 0.838. The molecule has 0 spiro atoms. The van der Waals surface area contributed by atoms with E-state index < -0.39 is 23.0 Å². The van der Waals surface area contributed by atoms with E-state index in [-0.39, 0.29) is 5.56 Å². The first kappa shape index (κ1) is 8.87. The van der Waals surface area contributed by atoms with Crippen molar-refractivity contribution in [2.45, 2.75) is 0 Å². The minimum Gasteiger partial charge on any atom is -0.507 e. The number of aromatic hydroxyl groups is 2. The summed E-state index contributed by atoms with van der Waals surface area (Å²) in [5, 5.41) is 35.0. The highest BCUT2D eigenvalue weighted by Gasteiger charge is 2.13. The van der Waals surface area contributed by atoms with Crippen LogP contribution in [0.5, 0.6) is 11.5 Å². The van der Waals surface area contributed by atoms with Crippen LogP contribution in [0.1, 0.15) is 15.9 Å². The molecule has 0 saturated heterocycles. The van der Waals surface area contributed by atoms with Crippen LogP contribution in [0.4, 0.5) is 0 Å². The number of hydrogen-bond donors (Lipinski definition) is 3. The highest BCUT2D eigenvalue weighted by atomic mass is 16.4. The quantitative estimate of drug-likeness (QED) is 0.550. The summed E-state index contributed by atoms with van der Waals surface area (Å²) < 4.78 is 0. The summed E-state index contributed by atoms with van der Waals surface area (Å²) in [6, 6.07) is 3.33. The molecule has 0 radical (unpaired) electrons. The molecule has 0 fully saturated rings. The lowest BCUT2D eigenvalue weighted by Gasteiger charge is -2.01. The maximum Gasteiger partial charge on any atom is 0.339 e. The molecular formula is C8H5NO4. The van der Waals surface area contributed by atoms with E-state index in [9.17, 15) is 4.79 Å². The maximum absolute atomic E-state index is 10.4. The molecule has 66 valence electrons. The average Bonchev–Trinajstić information content (AvgIpc) is 2.07.